The summed E-state index contributed by atoms with van der Waals surface area (Å²) in [6.45, 7) is 0. The number of hydrogen-bond acceptors (Lipinski definition) is 3. The van der Waals surface area contributed by atoms with Crippen LogP contribution in [0.4, 0.5) is 0 Å². The van der Waals surface area contributed by atoms with E-state index in [4.69, 9.17) is 4.74 Å². The Morgan fingerprint density at radius 2 is 1.50 bits per heavy atom. The summed E-state index contributed by atoms with van der Waals surface area (Å²) in [4.78, 5) is 23.2. The predicted octanol–water partition coefficient (Wildman–Crippen LogP) is 1.66. The SMILES string of the molecule is O=C1OC(=O)C2CCC1C21CCCC1. The van der Waals surface area contributed by atoms with E-state index in [0.717, 1.165) is 25.7 Å². The Bertz CT molecular complexity index is 278. The van der Waals surface area contributed by atoms with Crippen molar-refractivity contribution in [2.45, 2.75) is 38.5 Å². The van der Waals surface area contributed by atoms with Crippen molar-refractivity contribution < 1.29 is 14.3 Å². The van der Waals surface area contributed by atoms with Crippen molar-refractivity contribution in [2.24, 2.45) is 17.3 Å². The number of carbonyl (C=O) groups is 2. The van der Waals surface area contributed by atoms with Crippen molar-refractivity contribution in [1.82, 2.24) is 0 Å². The Kier molecular flexibility index (Phi) is 1.56. The molecule has 2 bridgehead atoms. The minimum absolute atomic E-state index is 0.0203. The van der Waals surface area contributed by atoms with Crippen LogP contribution in [0.5, 0.6) is 0 Å². The minimum Gasteiger partial charge on any atom is -0.393 e. The lowest BCUT2D eigenvalue weighted by Gasteiger charge is -2.37. The van der Waals surface area contributed by atoms with E-state index in [1.165, 1.54) is 12.8 Å². The molecule has 1 saturated heterocycles. The second-order valence-corrected chi connectivity index (χ2v) is 4.86. The molecule has 0 aromatic carbocycles. The number of hydrogen-bond donors (Lipinski definition) is 0. The van der Waals surface area contributed by atoms with Gasteiger partial charge in [-0.3, -0.25) is 9.59 Å². The quantitative estimate of drug-likeness (QED) is 0.435. The zero-order valence-electron chi connectivity index (χ0n) is 8.12. The molecule has 3 heteroatoms. The van der Waals surface area contributed by atoms with E-state index in [9.17, 15) is 9.59 Å². The van der Waals surface area contributed by atoms with Gasteiger partial charge in [-0.1, -0.05) is 12.8 Å². The second-order valence-electron chi connectivity index (χ2n) is 4.86. The highest BCUT2D eigenvalue weighted by atomic mass is 16.6. The molecule has 2 unspecified atom stereocenters. The second kappa shape index (κ2) is 2.59. The van der Waals surface area contributed by atoms with Crippen molar-refractivity contribution in [2.75, 3.05) is 0 Å². The van der Waals surface area contributed by atoms with Crippen LogP contribution < -0.4 is 0 Å². The van der Waals surface area contributed by atoms with Gasteiger partial charge in [0.05, 0.1) is 11.8 Å². The Hall–Kier alpha value is -0.860. The maximum Gasteiger partial charge on any atom is 0.317 e. The molecule has 3 rings (SSSR count). The van der Waals surface area contributed by atoms with Crippen LogP contribution in [0.25, 0.3) is 0 Å². The van der Waals surface area contributed by atoms with Crippen LogP contribution in [0.3, 0.4) is 0 Å². The van der Waals surface area contributed by atoms with Crippen LogP contribution >= 0.6 is 0 Å². The van der Waals surface area contributed by atoms with Crippen molar-refractivity contribution in [3.8, 4) is 0 Å². The van der Waals surface area contributed by atoms with Crippen LogP contribution in [0.1, 0.15) is 38.5 Å². The number of esters is 2. The van der Waals surface area contributed by atoms with Gasteiger partial charge < -0.3 is 4.74 Å². The molecule has 1 heterocycles. The highest BCUT2D eigenvalue weighted by Gasteiger charge is 2.61. The number of rotatable bonds is 0. The Labute approximate surface area is 82.8 Å². The maximum atomic E-state index is 11.6. The molecule has 0 aromatic heterocycles. The standard InChI is InChI=1S/C11H14O3/c12-9-7-3-4-8(10(13)14-9)11(7)5-1-2-6-11/h7-8H,1-6H2. The molecule has 0 amide bonds. The summed E-state index contributed by atoms with van der Waals surface area (Å²) in [5, 5.41) is 0. The Morgan fingerprint density at radius 1 is 1.00 bits per heavy atom. The molecule has 2 aliphatic carbocycles. The molecule has 3 nitrogen and oxygen atoms in total. The predicted molar refractivity (Wildman–Crippen MR) is 48.2 cm³/mol. The van der Waals surface area contributed by atoms with Gasteiger partial charge in [0.2, 0.25) is 0 Å². The summed E-state index contributed by atoms with van der Waals surface area (Å²) in [5.74, 6) is -0.420. The molecule has 1 spiro atoms. The first kappa shape index (κ1) is 8.45. The van der Waals surface area contributed by atoms with Gasteiger partial charge in [0.1, 0.15) is 0 Å². The van der Waals surface area contributed by atoms with Crippen LogP contribution in [0.15, 0.2) is 0 Å². The lowest BCUT2D eigenvalue weighted by molar-refractivity contribution is -0.178. The first-order chi connectivity index (χ1) is 6.74. The number of cyclic esters (lactones) is 2. The van der Waals surface area contributed by atoms with Crippen LogP contribution in [0, 0.1) is 17.3 Å². The van der Waals surface area contributed by atoms with Gasteiger partial charge in [-0.05, 0) is 31.1 Å². The topological polar surface area (TPSA) is 43.4 Å². The average molecular weight is 194 g/mol. The van der Waals surface area contributed by atoms with Gasteiger partial charge in [-0.2, -0.15) is 0 Å². The molecule has 2 saturated carbocycles. The van der Waals surface area contributed by atoms with E-state index < -0.39 is 0 Å². The lowest BCUT2D eigenvalue weighted by atomic mass is 9.69. The minimum atomic E-state index is -0.245. The molecule has 1 aliphatic heterocycles. The van der Waals surface area contributed by atoms with Crippen molar-refractivity contribution >= 4 is 11.9 Å². The van der Waals surface area contributed by atoms with Gasteiger partial charge in [0, 0.05) is 0 Å². The molecular formula is C11H14O3. The molecule has 0 aromatic rings. The maximum absolute atomic E-state index is 11.6. The molecule has 0 radical (unpaired) electrons. The van der Waals surface area contributed by atoms with Gasteiger partial charge in [-0.25, -0.2) is 0 Å². The highest BCUT2D eigenvalue weighted by Crippen LogP contribution is 2.60. The summed E-state index contributed by atoms with van der Waals surface area (Å²) < 4.78 is 4.78. The number of carbonyl (C=O) groups excluding carboxylic acids is 2. The Morgan fingerprint density at radius 3 is 2.00 bits per heavy atom. The first-order valence-electron chi connectivity index (χ1n) is 5.49. The summed E-state index contributed by atoms with van der Waals surface area (Å²) in [7, 11) is 0. The van der Waals surface area contributed by atoms with E-state index >= 15 is 0 Å². The molecule has 3 aliphatic rings. The van der Waals surface area contributed by atoms with Gasteiger partial charge in [0.25, 0.3) is 0 Å². The fourth-order valence-corrected chi connectivity index (χ4v) is 3.83. The largest absolute Gasteiger partial charge is 0.393 e. The highest BCUT2D eigenvalue weighted by molar-refractivity contribution is 5.93. The molecule has 2 atom stereocenters. The summed E-state index contributed by atoms with van der Waals surface area (Å²) >= 11 is 0. The molecule has 3 fully saturated rings. The number of ether oxygens (including phenoxy) is 1. The third-order valence-corrected chi connectivity index (χ3v) is 4.44. The van der Waals surface area contributed by atoms with E-state index in [0.29, 0.717) is 0 Å². The van der Waals surface area contributed by atoms with Crippen LogP contribution in [-0.2, 0) is 14.3 Å². The molecule has 0 N–H and O–H groups in total. The van der Waals surface area contributed by atoms with Crippen LogP contribution in [0.2, 0.25) is 0 Å². The average Bonchev–Trinajstić information content (AvgIpc) is 2.71. The van der Waals surface area contributed by atoms with Crippen molar-refractivity contribution in [1.29, 1.82) is 0 Å². The normalized spacial score (nSPS) is 39.1. The zero-order valence-corrected chi connectivity index (χ0v) is 8.12. The van der Waals surface area contributed by atoms with E-state index in [1.54, 1.807) is 0 Å². The van der Waals surface area contributed by atoms with Crippen molar-refractivity contribution in [3.63, 3.8) is 0 Å². The van der Waals surface area contributed by atoms with Crippen molar-refractivity contribution in [3.05, 3.63) is 0 Å². The lowest BCUT2D eigenvalue weighted by Crippen LogP contribution is -2.44. The van der Waals surface area contributed by atoms with Crippen LogP contribution in [-0.4, -0.2) is 11.9 Å². The third-order valence-electron chi connectivity index (χ3n) is 4.44. The Balaban J connectivity index is 2.04. The van der Waals surface area contributed by atoms with E-state index in [2.05, 4.69) is 0 Å². The fourth-order valence-electron chi connectivity index (χ4n) is 3.83. The summed E-state index contributed by atoms with van der Waals surface area (Å²) in [6, 6.07) is 0. The smallest absolute Gasteiger partial charge is 0.317 e. The van der Waals surface area contributed by atoms with E-state index in [-0.39, 0.29) is 29.2 Å². The molecule has 76 valence electrons. The summed E-state index contributed by atoms with van der Waals surface area (Å²) in [6.07, 6.45) is 6.21. The first-order valence-corrected chi connectivity index (χ1v) is 5.49. The fraction of sp³-hybridized carbons (Fsp3) is 0.818. The molecule has 14 heavy (non-hydrogen) atoms. The molecular weight excluding hydrogens is 180 g/mol. The van der Waals surface area contributed by atoms with Gasteiger partial charge in [-0.15, -0.1) is 0 Å². The summed E-state index contributed by atoms with van der Waals surface area (Å²) in [5.41, 5.74) is 0.0203. The van der Waals surface area contributed by atoms with E-state index in [1.807, 2.05) is 0 Å². The van der Waals surface area contributed by atoms with Gasteiger partial charge in [0.15, 0.2) is 0 Å². The van der Waals surface area contributed by atoms with Gasteiger partial charge >= 0.3 is 11.9 Å². The third kappa shape index (κ3) is 0.830. The zero-order chi connectivity index (χ0) is 9.76. The monoisotopic (exact) mass is 194 g/mol.